The average molecular weight is 254 g/mol. The highest BCUT2D eigenvalue weighted by Crippen LogP contribution is 2.26. The molecule has 1 aromatic carbocycles. The van der Waals surface area contributed by atoms with Gasteiger partial charge in [0.05, 0.1) is 10.7 Å². The molecule has 6 heteroatoms. The standard InChI is InChI=1S/C11H11FN2O2S/c1-2-7-17-8-6-13-10-5-3-4-9(12)11(10)14(15)16/h1,3-5,13H,6-8H2. The number of para-hydroxylation sites is 1. The van der Waals surface area contributed by atoms with Crippen molar-refractivity contribution in [3.8, 4) is 12.3 Å². The Morgan fingerprint density at radius 3 is 3.00 bits per heavy atom. The largest absolute Gasteiger partial charge is 0.379 e. The van der Waals surface area contributed by atoms with E-state index in [4.69, 9.17) is 6.42 Å². The number of anilines is 1. The third-order valence-electron chi connectivity index (χ3n) is 1.92. The van der Waals surface area contributed by atoms with Crippen LogP contribution >= 0.6 is 11.8 Å². The zero-order valence-electron chi connectivity index (χ0n) is 8.98. The molecule has 0 fully saturated rings. The van der Waals surface area contributed by atoms with Crippen molar-refractivity contribution in [2.24, 2.45) is 0 Å². The van der Waals surface area contributed by atoms with E-state index in [-0.39, 0.29) is 5.69 Å². The molecule has 17 heavy (non-hydrogen) atoms. The number of nitrogens with zero attached hydrogens (tertiary/aromatic N) is 1. The first-order valence-electron chi connectivity index (χ1n) is 4.84. The molecular formula is C11H11FN2O2S. The maximum Gasteiger partial charge on any atom is 0.327 e. The minimum atomic E-state index is -0.837. The highest BCUT2D eigenvalue weighted by molar-refractivity contribution is 7.99. The maximum absolute atomic E-state index is 13.2. The molecule has 0 saturated heterocycles. The van der Waals surface area contributed by atoms with E-state index in [0.29, 0.717) is 18.1 Å². The molecule has 1 N–H and O–H groups in total. The van der Waals surface area contributed by atoms with Crippen LogP contribution in [0, 0.1) is 28.3 Å². The first-order chi connectivity index (χ1) is 8.16. The van der Waals surface area contributed by atoms with Crippen molar-refractivity contribution in [3.05, 3.63) is 34.1 Å². The van der Waals surface area contributed by atoms with Gasteiger partial charge < -0.3 is 5.32 Å². The Kier molecular flexibility index (Phi) is 5.30. The summed E-state index contributed by atoms with van der Waals surface area (Å²) in [6.07, 6.45) is 5.08. The lowest BCUT2D eigenvalue weighted by molar-refractivity contribution is -0.386. The Morgan fingerprint density at radius 2 is 2.35 bits per heavy atom. The third-order valence-corrected chi connectivity index (χ3v) is 2.78. The average Bonchev–Trinajstić information content (AvgIpc) is 2.28. The molecule has 0 radical (unpaired) electrons. The number of thioether (sulfide) groups is 1. The predicted molar refractivity (Wildman–Crippen MR) is 67.7 cm³/mol. The molecule has 0 heterocycles. The molecule has 0 amide bonds. The van der Waals surface area contributed by atoms with Gasteiger partial charge >= 0.3 is 5.69 Å². The topological polar surface area (TPSA) is 55.2 Å². The molecule has 1 rings (SSSR count). The maximum atomic E-state index is 13.2. The van der Waals surface area contributed by atoms with Crippen LogP contribution < -0.4 is 5.32 Å². The fourth-order valence-electron chi connectivity index (χ4n) is 1.23. The van der Waals surface area contributed by atoms with Crippen molar-refractivity contribution >= 4 is 23.1 Å². The number of nitrogens with one attached hydrogen (secondary N) is 1. The Balaban J connectivity index is 2.62. The lowest BCUT2D eigenvalue weighted by atomic mass is 10.2. The number of hydrogen-bond acceptors (Lipinski definition) is 4. The molecule has 0 aromatic heterocycles. The van der Waals surface area contributed by atoms with Gasteiger partial charge in [-0.15, -0.1) is 18.2 Å². The number of nitro groups is 1. The molecule has 0 aliphatic rings. The van der Waals surface area contributed by atoms with E-state index >= 15 is 0 Å². The lowest BCUT2D eigenvalue weighted by Crippen LogP contribution is -2.07. The molecule has 0 saturated carbocycles. The Hall–Kier alpha value is -1.74. The van der Waals surface area contributed by atoms with Crippen LogP contribution in [0.2, 0.25) is 0 Å². The summed E-state index contributed by atoms with van der Waals surface area (Å²) < 4.78 is 13.2. The zero-order chi connectivity index (χ0) is 12.7. The molecule has 0 aliphatic carbocycles. The van der Waals surface area contributed by atoms with E-state index in [1.165, 1.54) is 23.9 Å². The number of hydrogen-bond donors (Lipinski definition) is 1. The van der Waals surface area contributed by atoms with E-state index in [9.17, 15) is 14.5 Å². The monoisotopic (exact) mass is 254 g/mol. The van der Waals surface area contributed by atoms with Gasteiger partial charge in [0.25, 0.3) is 0 Å². The fourth-order valence-corrected chi connectivity index (χ4v) is 1.74. The van der Waals surface area contributed by atoms with Crippen LogP contribution in [0.5, 0.6) is 0 Å². The Bertz CT molecular complexity index is 446. The van der Waals surface area contributed by atoms with Crippen molar-refractivity contribution < 1.29 is 9.31 Å². The minimum absolute atomic E-state index is 0.191. The number of nitro benzene ring substituents is 1. The van der Waals surface area contributed by atoms with Crippen LogP contribution in [0.1, 0.15) is 0 Å². The summed E-state index contributed by atoms with van der Waals surface area (Å²) in [5.41, 5.74) is -0.328. The van der Waals surface area contributed by atoms with E-state index in [2.05, 4.69) is 11.2 Å². The molecule has 4 nitrogen and oxygen atoms in total. The first-order valence-corrected chi connectivity index (χ1v) is 6.00. The van der Waals surface area contributed by atoms with Gasteiger partial charge in [0.15, 0.2) is 0 Å². The highest BCUT2D eigenvalue weighted by Gasteiger charge is 2.18. The van der Waals surface area contributed by atoms with Crippen molar-refractivity contribution in [2.45, 2.75) is 0 Å². The van der Waals surface area contributed by atoms with Gasteiger partial charge in [-0.05, 0) is 12.1 Å². The van der Waals surface area contributed by atoms with Crippen molar-refractivity contribution in [1.82, 2.24) is 0 Å². The normalized spacial score (nSPS) is 9.65. The quantitative estimate of drug-likeness (QED) is 0.367. The van der Waals surface area contributed by atoms with Gasteiger partial charge in [-0.3, -0.25) is 10.1 Å². The van der Waals surface area contributed by atoms with Crippen LogP contribution in [-0.4, -0.2) is 23.0 Å². The SMILES string of the molecule is C#CCSCCNc1cccc(F)c1[N+](=O)[O-]. The van der Waals surface area contributed by atoms with Gasteiger partial charge in [-0.25, -0.2) is 0 Å². The number of halogens is 1. The fraction of sp³-hybridized carbons (Fsp3) is 0.273. The second kappa shape index (κ2) is 6.76. The Morgan fingerprint density at radius 1 is 1.59 bits per heavy atom. The molecule has 0 unspecified atom stereocenters. The van der Waals surface area contributed by atoms with Crippen molar-refractivity contribution in [1.29, 1.82) is 0 Å². The number of benzene rings is 1. The Labute approximate surface area is 103 Å². The number of terminal acetylenes is 1. The summed E-state index contributed by atoms with van der Waals surface area (Å²) in [6.45, 7) is 0.497. The van der Waals surface area contributed by atoms with Crippen molar-refractivity contribution in [3.63, 3.8) is 0 Å². The van der Waals surface area contributed by atoms with E-state index in [0.717, 1.165) is 6.07 Å². The molecule has 90 valence electrons. The summed E-state index contributed by atoms with van der Waals surface area (Å²) in [7, 11) is 0. The van der Waals surface area contributed by atoms with Crippen molar-refractivity contribution in [2.75, 3.05) is 23.4 Å². The van der Waals surface area contributed by atoms with Gasteiger partial charge in [-0.1, -0.05) is 12.0 Å². The second-order valence-corrected chi connectivity index (χ2v) is 4.18. The van der Waals surface area contributed by atoms with Crippen LogP contribution in [-0.2, 0) is 0 Å². The van der Waals surface area contributed by atoms with E-state index in [1.807, 2.05) is 0 Å². The summed E-state index contributed by atoms with van der Waals surface area (Å²) >= 11 is 1.53. The lowest BCUT2D eigenvalue weighted by Gasteiger charge is -2.06. The minimum Gasteiger partial charge on any atom is -0.379 e. The highest BCUT2D eigenvalue weighted by atomic mass is 32.2. The van der Waals surface area contributed by atoms with E-state index < -0.39 is 16.4 Å². The van der Waals surface area contributed by atoms with Gasteiger partial charge in [0, 0.05) is 12.3 Å². The van der Waals surface area contributed by atoms with Gasteiger partial charge in [0.2, 0.25) is 5.82 Å². The van der Waals surface area contributed by atoms with E-state index in [1.54, 1.807) is 0 Å². The predicted octanol–water partition coefficient (Wildman–Crippen LogP) is 2.51. The number of rotatable bonds is 6. The van der Waals surface area contributed by atoms with Crippen LogP contribution in [0.4, 0.5) is 15.8 Å². The summed E-state index contributed by atoms with van der Waals surface area (Å²) in [5.74, 6) is 2.93. The smallest absolute Gasteiger partial charge is 0.327 e. The first kappa shape index (κ1) is 13.3. The molecular weight excluding hydrogens is 243 g/mol. The summed E-state index contributed by atoms with van der Waals surface area (Å²) in [4.78, 5) is 9.94. The third kappa shape index (κ3) is 3.96. The van der Waals surface area contributed by atoms with Gasteiger partial charge in [-0.2, -0.15) is 4.39 Å². The second-order valence-electron chi connectivity index (χ2n) is 3.08. The molecule has 0 bridgehead atoms. The summed E-state index contributed by atoms with van der Waals surface area (Å²) in [6, 6.07) is 3.97. The molecule has 1 aromatic rings. The van der Waals surface area contributed by atoms with Crippen LogP contribution in [0.3, 0.4) is 0 Å². The molecule has 0 atom stereocenters. The van der Waals surface area contributed by atoms with Crippen LogP contribution in [0.15, 0.2) is 18.2 Å². The molecule has 0 aliphatic heterocycles. The summed E-state index contributed by atoms with van der Waals surface area (Å²) in [5, 5.41) is 13.5. The zero-order valence-corrected chi connectivity index (χ0v) is 9.80. The van der Waals surface area contributed by atoms with Gasteiger partial charge in [0.1, 0.15) is 5.69 Å². The van der Waals surface area contributed by atoms with Crippen LogP contribution in [0.25, 0.3) is 0 Å². The molecule has 0 spiro atoms.